The molecule has 0 aromatic heterocycles. The molecule has 1 aromatic rings. The minimum atomic E-state index is 0.270. The van der Waals surface area contributed by atoms with Crippen LogP contribution in [0.25, 0.3) is 0 Å². The van der Waals surface area contributed by atoms with Gasteiger partial charge in [-0.2, -0.15) is 0 Å². The van der Waals surface area contributed by atoms with Crippen LogP contribution in [0.1, 0.15) is 13.8 Å². The van der Waals surface area contributed by atoms with Crippen LogP contribution in [0.15, 0.2) is 23.2 Å². The van der Waals surface area contributed by atoms with E-state index in [1.807, 2.05) is 18.2 Å². The zero-order chi connectivity index (χ0) is 18.9. The Hall–Kier alpha value is -2.19. The first-order valence-corrected chi connectivity index (χ1v) is 9.62. The fourth-order valence-corrected chi connectivity index (χ4v) is 3.00. The summed E-state index contributed by atoms with van der Waals surface area (Å²) in [6, 6.07) is 6.00. The largest absolute Gasteiger partial charge is 0.492 e. The number of benzene rings is 1. The van der Waals surface area contributed by atoms with E-state index < -0.39 is 0 Å². The van der Waals surface area contributed by atoms with Crippen molar-refractivity contribution in [2.24, 2.45) is 4.99 Å². The molecule has 150 valence electrons. The molecule has 1 saturated heterocycles. The normalized spacial score (nSPS) is 18.2. The summed E-state index contributed by atoms with van der Waals surface area (Å²) in [5.41, 5.74) is 0. The molecule has 0 bridgehead atoms. The van der Waals surface area contributed by atoms with Crippen molar-refractivity contribution in [1.82, 2.24) is 15.5 Å². The SMILES string of the molecule is CCNC(=NCC(C)N1CCOCC1)NCCOc1ccc2c(c1)OCO2. The molecule has 0 radical (unpaired) electrons. The molecule has 1 fully saturated rings. The zero-order valence-electron chi connectivity index (χ0n) is 16.2. The summed E-state index contributed by atoms with van der Waals surface area (Å²) in [5, 5.41) is 6.59. The Morgan fingerprint density at radius 2 is 2.04 bits per heavy atom. The fraction of sp³-hybridized carbons (Fsp3) is 0.632. The summed E-state index contributed by atoms with van der Waals surface area (Å²) in [5.74, 6) is 3.07. The number of rotatable bonds is 8. The smallest absolute Gasteiger partial charge is 0.231 e. The maximum absolute atomic E-state index is 5.78. The molecule has 8 nitrogen and oxygen atoms in total. The van der Waals surface area contributed by atoms with E-state index in [2.05, 4.69) is 29.4 Å². The Labute approximate surface area is 160 Å². The number of nitrogens with zero attached hydrogens (tertiary/aromatic N) is 2. The lowest BCUT2D eigenvalue weighted by atomic mass is 10.2. The molecule has 1 unspecified atom stereocenters. The maximum atomic E-state index is 5.78. The number of aliphatic imine (C=N–C) groups is 1. The van der Waals surface area contributed by atoms with Gasteiger partial charge in [-0.3, -0.25) is 9.89 Å². The van der Waals surface area contributed by atoms with Gasteiger partial charge in [0.05, 0.1) is 26.3 Å². The summed E-state index contributed by atoms with van der Waals surface area (Å²) in [7, 11) is 0. The van der Waals surface area contributed by atoms with Crippen LogP contribution in [0.5, 0.6) is 17.2 Å². The summed E-state index contributed by atoms with van der Waals surface area (Å²) in [4.78, 5) is 7.12. The molecule has 0 amide bonds. The van der Waals surface area contributed by atoms with Crippen LogP contribution in [0.4, 0.5) is 0 Å². The highest BCUT2D eigenvalue weighted by molar-refractivity contribution is 5.79. The third kappa shape index (κ3) is 5.90. The second kappa shape index (κ2) is 10.2. The van der Waals surface area contributed by atoms with Crippen molar-refractivity contribution in [1.29, 1.82) is 0 Å². The first-order valence-electron chi connectivity index (χ1n) is 9.62. The quantitative estimate of drug-likeness (QED) is 0.398. The maximum Gasteiger partial charge on any atom is 0.231 e. The lowest BCUT2D eigenvalue weighted by molar-refractivity contribution is 0.0220. The van der Waals surface area contributed by atoms with Gasteiger partial charge in [0.25, 0.3) is 0 Å². The van der Waals surface area contributed by atoms with Crippen molar-refractivity contribution in [3.63, 3.8) is 0 Å². The van der Waals surface area contributed by atoms with Crippen molar-refractivity contribution in [3.05, 3.63) is 18.2 Å². The number of nitrogens with one attached hydrogen (secondary N) is 2. The highest BCUT2D eigenvalue weighted by Crippen LogP contribution is 2.34. The van der Waals surface area contributed by atoms with Gasteiger partial charge in [-0.25, -0.2) is 0 Å². The van der Waals surface area contributed by atoms with E-state index in [4.69, 9.17) is 23.9 Å². The van der Waals surface area contributed by atoms with E-state index in [0.29, 0.717) is 19.2 Å². The Morgan fingerprint density at radius 1 is 1.22 bits per heavy atom. The number of hydrogen-bond acceptors (Lipinski definition) is 6. The fourth-order valence-electron chi connectivity index (χ4n) is 3.00. The predicted molar refractivity (Wildman–Crippen MR) is 104 cm³/mol. The van der Waals surface area contributed by atoms with Crippen molar-refractivity contribution in [2.75, 3.05) is 59.3 Å². The van der Waals surface area contributed by atoms with E-state index in [9.17, 15) is 0 Å². The molecular weight excluding hydrogens is 348 g/mol. The average molecular weight is 378 g/mol. The topological polar surface area (TPSA) is 76.6 Å². The predicted octanol–water partition coefficient (Wildman–Crippen LogP) is 1.07. The highest BCUT2D eigenvalue weighted by atomic mass is 16.7. The van der Waals surface area contributed by atoms with Gasteiger partial charge in [-0.15, -0.1) is 0 Å². The summed E-state index contributed by atoms with van der Waals surface area (Å²) in [6.45, 7) is 10.9. The molecule has 0 spiro atoms. The molecule has 8 heteroatoms. The van der Waals surface area contributed by atoms with Crippen molar-refractivity contribution >= 4 is 5.96 Å². The molecular formula is C19H30N4O4. The van der Waals surface area contributed by atoms with E-state index in [0.717, 1.165) is 62.6 Å². The first kappa shape index (κ1) is 19.6. The first-order chi connectivity index (χ1) is 13.3. The molecule has 0 aliphatic carbocycles. The molecule has 2 aliphatic heterocycles. The summed E-state index contributed by atoms with van der Waals surface area (Å²) in [6.07, 6.45) is 0. The van der Waals surface area contributed by atoms with Gasteiger partial charge in [-0.05, 0) is 26.0 Å². The molecule has 3 rings (SSSR count). The minimum Gasteiger partial charge on any atom is -0.492 e. The van der Waals surface area contributed by atoms with Crippen LogP contribution in [0.2, 0.25) is 0 Å². The van der Waals surface area contributed by atoms with Gasteiger partial charge >= 0.3 is 0 Å². The van der Waals surface area contributed by atoms with E-state index in [-0.39, 0.29) is 6.79 Å². The third-order valence-corrected chi connectivity index (χ3v) is 4.53. The van der Waals surface area contributed by atoms with Gasteiger partial charge in [0, 0.05) is 31.7 Å². The Morgan fingerprint density at radius 3 is 2.85 bits per heavy atom. The molecule has 1 atom stereocenters. The Kier molecular flexibility index (Phi) is 7.41. The van der Waals surface area contributed by atoms with Crippen LogP contribution in [0.3, 0.4) is 0 Å². The minimum absolute atomic E-state index is 0.270. The molecule has 27 heavy (non-hydrogen) atoms. The zero-order valence-corrected chi connectivity index (χ0v) is 16.2. The standard InChI is InChI=1S/C19H30N4O4/c1-3-20-19(22-13-15(2)23-7-10-24-11-8-23)21-6-9-25-16-4-5-17-18(12-16)27-14-26-17/h4-5,12,15H,3,6-11,13-14H2,1-2H3,(H2,20,21,22). The number of hydrogen-bond donors (Lipinski definition) is 2. The van der Waals surface area contributed by atoms with Crippen LogP contribution in [0, 0.1) is 0 Å². The Balaban J connectivity index is 1.40. The number of ether oxygens (including phenoxy) is 4. The number of morpholine rings is 1. The van der Waals surface area contributed by atoms with Gasteiger partial charge < -0.3 is 29.6 Å². The second-order valence-corrected chi connectivity index (χ2v) is 6.51. The lowest BCUT2D eigenvalue weighted by Gasteiger charge is -2.31. The number of fused-ring (bicyclic) bond motifs is 1. The van der Waals surface area contributed by atoms with Crippen LogP contribution >= 0.6 is 0 Å². The monoisotopic (exact) mass is 378 g/mol. The molecule has 0 saturated carbocycles. The van der Waals surface area contributed by atoms with Gasteiger partial charge in [0.2, 0.25) is 6.79 Å². The lowest BCUT2D eigenvalue weighted by Crippen LogP contribution is -2.44. The molecule has 2 N–H and O–H groups in total. The van der Waals surface area contributed by atoms with E-state index >= 15 is 0 Å². The summed E-state index contributed by atoms with van der Waals surface area (Å²) < 4.78 is 21.9. The molecule has 2 aliphatic rings. The van der Waals surface area contributed by atoms with Gasteiger partial charge in [0.15, 0.2) is 17.5 Å². The second-order valence-electron chi connectivity index (χ2n) is 6.51. The third-order valence-electron chi connectivity index (χ3n) is 4.53. The van der Waals surface area contributed by atoms with Crippen LogP contribution in [-0.2, 0) is 4.74 Å². The average Bonchev–Trinajstić information content (AvgIpc) is 3.17. The van der Waals surface area contributed by atoms with E-state index in [1.165, 1.54) is 0 Å². The number of guanidine groups is 1. The van der Waals surface area contributed by atoms with Crippen LogP contribution in [-0.4, -0.2) is 76.2 Å². The van der Waals surface area contributed by atoms with Gasteiger partial charge in [0.1, 0.15) is 12.4 Å². The Bertz CT molecular complexity index is 620. The van der Waals surface area contributed by atoms with Crippen LogP contribution < -0.4 is 24.8 Å². The highest BCUT2D eigenvalue weighted by Gasteiger charge is 2.16. The summed E-state index contributed by atoms with van der Waals surface area (Å²) >= 11 is 0. The van der Waals surface area contributed by atoms with Crippen molar-refractivity contribution < 1.29 is 18.9 Å². The molecule has 2 heterocycles. The molecule has 1 aromatic carbocycles. The van der Waals surface area contributed by atoms with Crippen molar-refractivity contribution in [2.45, 2.75) is 19.9 Å². The van der Waals surface area contributed by atoms with Gasteiger partial charge in [-0.1, -0.05) is 0 Å². The van der Waals surface area contributed by atoms with E-state index in [1.54, 1.807) is 0 Å². The van der Waals surface area contributed by atoms with Crippen molar-refractivity contribution in [3.8, 4) is 17.2 Å².